The largest absolute Gasteiger partial charge is 0.336 e. The average molecular weight is 380 g/mol. The second-order valence-corrected chi connectivity index (χ2v) is 7.66. The van der Waals surface area contributed by atoms with E-state index in [9.17, 15) is 9.59 Å². The van der Waals surface area contributed by atoms with Crippen molar-refractivity contribution in [3.8, 4) is 0 Å². The van der Waals surface area contributed by atoms with Crippen molar-refractivity contribution < 1.29 is 9.59 Å². The predicted octanol–water partition coefficient (Wildman–Crippen LogP) is 3.49. The van der Waals surface area contributed by atoms with E-state index in [1.54, 1.807) is 16.5 Å². The van der Waals surface area contributed by atoms with E-state index in [1.807, 2.05) is 26.0 Å². The van der Waals surface area contributed by atoms with E-state index in [0.717, 1.165) is 35.9 Å². The Kier molecular flexibility index (Phi) is 4.75. The number of rotatable bonds is 4. The van der Waals surface area contributed by atoms with E-state index in [-0.39, 0.29) is 17.9 Å². The van der Waals surface area contributed by atoms with Crippen LogP contribution in [0.15, 0.2) is 24.3 Å². The summed E-state index contributed by atoms with van der Waals surface area (Å²) < 4.78 is 1.72. The molecule has 0 spiro atoms. The van der Waals surface area contributed by atoms with Crippen molar-refractivity contribution in [1.82, 2.24) is 14.5 Å². The highest BCUT2D eigenvalue weighted by Gasteiger charge is 2.35. The molecule has 0 saturated heterocycles. The summed E-state index contributed by atoms with van der Waals surface area (Å²) in [6, 6.07) is 6.24. The zero-order chi connectivity index (χ0) is 20.0. The maximum atomic E-state index is 12.8. The molecule has 148 valence electrons. The molecule has 1 aromatic heterocycles. The Morgan fingerprint density at radius 2 is 2.00 bits per heavy atom. The lowest BCUT2D eigenvalue weighted by Crippen LogP contribution is -2.40. The number of likely N-dealkylation sites (N-methyl/N-ethyl adjacent to an activating group) is 1. The van der Waals surface area contributed by atoms with Gasteiger partial charge in [-0.2, -0.15) is 0 Å². The highest BCUT2D eigenvalue weighted by atomic mass is 16.2. The van der Waals surface area contributed by atoms with E-state index in [1.165, 1.54) is 11.1 Å². The van der Waals surface area contributed by atoms with Gasteiger partial charge in [-0.15, -0.1) is 0 Å². The number of benzene rings is 1. The van der Waals surface area contributed by atoms with E-state index < -0.39 is 0 Å². The fourth-order valence-corrected chi connectivity index (χ4v) is 4.72. The molecule has 2 amide bonds. The lowest BCUT2D eigenvalue weighted by Gasteiger charge is -2.37. The van der Waals surface area contributed by atoms with Gasteiger partial charge in [0.1, 0.15) is 5.69 Å². The number of hydrogen-bond donors (Lipinski definition) is 1. The minimum Gasteiger partial charge on any atom is -0.324 e. The van der Waals surface area contributed by atoms with Crippen molar-refractivity contribution in [3.05, 3.63) is 41.1 Å². The number of hydrogen-bond acceptors (Lipinski definition) is 3. The predicted molar refractivity (Wildman–Crippen MR) is 112 cm³/mol. The summed E-state index contributed by atoms with van der Waals surface area (Å²) in [6.07, 6.45) is 4.16. The first kappa shape index (κ1) is 18.7. The summed E-state index contributed by atoms with van der Waals surface area (Å²) in [5.41, 5.74) is 8.06. The van der Waals surface area contributed by atoms with Gasteiger partial charge in [0.25, 0.3) is 0 Å². The zero-order valence-corrected chi connectivity index (χ0v) is 17.1. The fraction of sp³-hybridized carbons (Fsp3) is 0.455. The van der Waals surface area contributed by atoms with E-state index in [4.69, 9.17) is 0 Å². The Morgan fingerprint density at radius 1 is 1.25 bits per heavy atom. The van der Waals surface area contributed by atoms with Gasteiger partial charge < -0.3 is 4.90 Å². The average Bonchev–Trinajstić information content (AvgIpc) is 2.98. The van der Waals surface area contributed by atoms with Gasteiger partial charge in [-0.3, -0.25) is 9.69 Å². The molecule has 1 N–H and O–H groups in total. The van der Waals surface area contributed by atoms with Crippen LogP contribution in [0, 0.1) is 0 Å². The van der Waals surface area contributed by atoms with Crippen LogP contribution in [0.3, 0.4) is 0 Å². The molecule has 4 rings (SSSR count). The Morgan fingerprint density at radius 3 is 2.68 bits per heavy atom. The summed E-state index contributed by atoms with van der Waals surface area (Å²) >= 11 is 0. The highest BCUT2D eigenvalue weighted by molar-refractivity contribution is 6.08. The third-order valence-corrected chi connectivity index (χ3v) is 6.13. The van der Waals surface area contributed by atoms with Crippen LogP contribution in [0.2, 0.25) is 0 Å². The van der Waals surface area contributed by atoms with Gasteiger partial charge in [0.05, 0.1) is 5.52 Å². The monoisotopic (exact) mass is 380 g/mol. The van der Waals surface area contributed by atoms with Crippen LogP contribution in [0.4, 0.5) is 4.79 Å². The first-order valence-electron chi connectivity index (χ1n) is 10.1. The van der Waals surface area contributed by atoms with Crippen molar-refractivity contribution in [2.45, 2.75) is 39.7 Å². The lowest BCUT2D eigenvalue weighted by molar-refractivity contribution is 0.100. The topological polar surface area (TPSA) is 57.6 Å². The maximum Gasteiger partial charge on any atom is 0.336 e. The van der Waals surface area contributed by atoms with Gasteiger partial charge in [-0.1, -0.05) is 18.2 Å². The molecule has 1 aliphatic heterocycles. The lowest BCUT2D eigenvalue weighted by atomic mass is 9.81. The minimum atomic E-state index is -0.186. The molecular formula is C22H28N4O2. The van der Waals surface area contributed by atoms with Gasteiger partial charge >= 0.3 is 6.03 Å². The van der Waals surface area contributed by atoms with Crippen LogP contribution in [0.5, 0.6) is 0 Å². The van der Waals surface area contributed by atoms with Crippen LogP contribution in [-0.2, 0) is 6.42 Å². The van der Waals surface area contributed by atoms with Crippen LogP contribution in [0.25, 0.3) is 16.5 Å². The second-order valence-electron chi connectivity index (χ2n) is 7.66. The first-order chi connectivity index (χ1) is 13.5. The number of nitrogens with zero attached hydrogens (tertiary/aromatic N) is 3. The molecule has 1 atom stereocenters. The molecule has 6 nitrogen and oxygen atoms in total. The number of carbonyl (C=O) groups excluding carboxylic acids is 2. The minimum absolute atomic E-state index is 0.0251. The Bertz CT molecular complexity index is 984. The number of aromatic nitrogens is 1. The van der Waals surface area contributed by atoms with E-state index >= 15 is 0 Å². The molecular weight excluding hydrogens is 352 g/mol. The molecule has 0 unspecified atom stereocenters. The Balaban J connectivity index is 1.92. The Labute approximate surface area is 165 Å². The van der Waals surface area contributed by atoms with E-state index in [2.05, 4.69) is 29.5 Å². The number of carbonyl (C=O) groups is 2. The molecule has 2 aliphatic rings. The second kappa shape index (κ2) is 7.09. The number of urea groups is 1. The Hall–Kier alpha value is -2.60. The smallest absolute Gasteiger partial charge is 0.324 e. The molecule has 0 radical (unpaired) electrons. The summed E-state index contributed by atoms with van der Waals surface area (Å²) in [6.45, 7) is 7.75. The van der Waals surface area contributed by atoms with Gasteiger partial charge in [0.2, 0.25) is 0 Å². The number of fused-ring (bicyclic) bond motifs is 2. The maximum absolute atomic E-state index is 12.8. The quantitative estimate of drug-likeness (QED) is 0.826. The standard InChI is InChI=1S/C22H28N4O2/c1-5-25(6-2)22(28)23-26-18-11-7-9-16-15-10-8-12-24(4)19(15)13-17(20(16)18)21(26)14(3)27/h7,9-11,19H,5-6,8,12-13H2,1-4H3,(H,23,28)/t19-/m1/s1. The first-order valence-corrected chi connectivity index (χ1v) is 10.1. The molecule has 0 bridgehead atoms. The van der Waals surface area contributed by atoms with Crippen LogP contribution >= 0.6 is 0 Å². The molecule has 1 aromatic carbocycles. The van der Waals surface area contributed by atoms with Crippen molar-refractivity contribution in [2.75, 3.05) is 32.1 Å². The molecule has 1 aliphatic carbocycles. The van der Waals surface area contributed by atoms with Crippen molar-refractivity contribution in [1.29, 1.82) is 0 Å². The van der Waals surface area contributed by atoms with Gasteiger partial charge in [-0.05, 0) is 56.5 Å². The number of nitrogens with one attached hydrogen (secondary N) is 1. The normalized spacial score (nSPS) is 18.6. The third-order valence-electron chi connectivity index (χ3n) is 6.13. The molecule has 2 heterocycles. The highest BCUT2D eigenvalue weighted by Crippen LogP contribution is 2.42. The number of Topliss-reactive ketones (excluding diaryl/α,β-unsaturated/α-hetero) is 1. The van der Waals surface area contributed by atoms with Gasteiger partial charge in [0, 0.05) is 38.0 Å². The summed E-state index contributed by atoms with van der Waals surface area (Å²) in [4.78, 5) is 29.5. The van der Waals surface area contributed by atoms with Crippen LogP contribution < -0.4 is 5.43 Å². The number of ketones is 1. The summed E-state index contributed by atoms with van der Waals surface area (Å²) in [7, 11) is 2.15. The van der Waals surface area contributed by atoms with Crippen LogP contribution in [-0.4, -0.2) is 59.0 Å². The van der Waals surface area contributed by atoms with Crippen molar-refractivity contribution in [2.24, 2.45) is 0 Å². The SMILES string of the molecule is CCN(CC)C(=O)Nn1c(C(C)=O)c2c3c(cccc31)C1=CCCN(C)[C@@H]1C2. The molecule has 0 saturated carbocycles. The van der Waals surface area contributed by atoms with Crippen molar-refractivity contribution >= 4 is 28.3 Å². The summed E-state index contributed by atoms with van der Waals surface area (Å²) in [5, 5.41) is 1.10. The van der Waals surface area contributed by atoms with E-state index in [0.29, 0.717) is 18.8 Å². The van der Waals surface area contributed by atoms with Crippen molar-refractivity contribution in [3.63, 3.8) is 0 Å². The molecule has 2 aromatic rings. The fourth-order valence-electron chi connectivity index (χ4n) is 4.72. The molecule has 6 heteroatoms. The van der Waals surface area contributed by atoms with Crippen LogP contribution in [0.1, 0.15) is 48.8 Å². The zero-order valence-electron chi connectivity index (χ0n) is 17.1. The number of amides is 2. The van der Waals surface area contributed by atoms with Gasteiger partial charge in [-0.25, -0.2) is 14.9 Å². The van der Waals surface area contributed by atoms with Gasteiger partial charge in [0.15, 0.2) is 5.78 Å². The summed E-state index contributed by atoms with van der Waals surface area (Å²) in [5.74, 6) is -0.0251. The molecule has 0 fully saturated rings. The third kappa shape index (κ3) is 2.75. The molecule has 28 heavy (non-hydrogen) atoms.